The van der Waals surface area contributed by atoms with Gasteiger partial charge in [0.15, 0.2) is 5.82 Å². The minimum Gasteiger partial charge on any atom is -0.227 e. The van der Waals surface area contributed by atoms with E-state index in [-0.39, 0.29) is 0 Å². The van der Waals surface area contributed by atoms with Gasteiger partial charge in [-0.15, -0.1) is 0 Å². The summed E-state index contributed by atoms with van der Waals surface area (Å²) in [6.07, 6.45) is 5.40. The number of halogens is 1. The molecule has 0 atom stereocenters. The average Bonchev–Trinajstić information content (AvgIpc) is 2.68. The first-order valence-corrected chi connectivity index (χ1v) is 8.67. The first-order valence-electron chi connectivity index (χ1n) is 7.88. The smallest absolute Gasteiger partial charge is 0.160 e. The van der Waals surface area contributed by atoms with Crippen LogP contribution in [0.2, 0.25) is 0 Å². The minimum atomic E-state index is 0.675. The Kier molecular flexibility index (Phi) is 5.36. The lowest BCUT2D eigenvalue weighted by Gasteiger charge is -2.12. The molecule has 0 saturated heterocycles. The van der Waals surface area contributed by atoms with Crippen LogP contribution in [0.4, 0.5) is 0 Å². The van der Waals surface area contributed by atoms with E-state index < -0.39 is 0 Å². The average molecular weight is 389 g/mol. The van der Waals surface area contributed by atoms with Gasteiger partial charge in [0, 0.05) is 16.7 Å². The Morgan fingerprint density at radius 2 is 1.44 bits per heavy atom. The molecular formula is C22H17BrN2. The first kappa shape index (κ1) is 17.1. The molecule has 122 valence electrons. The summed E-state index contributed by atoms with van der Waals surface area (Å²) >= 11 is 3.69. The maximum Gasteiger partial charge on any atom is 0.160 e. The molecule has 3 heteroatoms. The molecule has 25 heavy (non-hydrogen) atoms. The third-order valence-corrected chi connectivity index (χ3v) is 4.47. The van der Waals surface area contributed by atoms with Gasteiger partial charge in [0.1, 0.15) is 0 Å². The van der Waals surface area contributed by atoms with E-state index in [1.807, 2.05) is 66.7 Å². The molecule has 0 spiro atoms. The van der Waals surface area contributed by atoms with Gasteiger partial charge in [0.25, 0.3) is 0 Å². The van der Waals surface area contributed by atoms with E-state index in [9.17, 15) is 0 Å². The van der Waals surface area contributed by atoms with Crippen molar-refractivity contribution in [2.75, 3.05) is 0 Å². The number of benzene rings is 2. The van der Waals surface area contributed by atoms with Crippen LogP contribution in [0.25, 0.3) is 28.2 Å². The molecule has 0 unspecified atom stereocenters. The Morgan fingerprint density at radius 1 is 0.840 bits per heavy atom. The molecule has 0 aliphatic heterocycles. The van der Waals surface area contributed by atoms with Gasteiger partial charge in [-0.3, -0.25) is 0 Å². The van der Waals surface area contributed by atoms with Crippen LogP contribution in [0.3, 0.4) is 0 Å². The summed E-state index contributed by atoms with van der Waals surface area (Å²) in [4.78, 5) is 9.58. The predicted octanol–water partition coefficient (Wildman–Crippen LogP) is 6.33. The normalized spacial score (nSPS) is 11.2. The second-order valence-corrected chi connectivity index (χ2v) is 6.15. The van der Waals surface area contributed by atoms with Crippen LogP contribution in [-0.2, 0) is 0 Å². The van der Waals surface area contributed by atoms with Crippen molar-refractivity contribution in [1.82, 2.24) is 9.97 Å². The molecule has 0 saturated carbocycles. The fourth-order valence-electron chi connectivity index (χ4n) is 2.51. The van der Waals surface area contributed by atoms with Crippen molar-refractivity contribution < 1.29 is 0 Å². The Balaban J connectivity index is 2.30. The van der Waals surface area contributed by atoms with E-state index in [2.05, 4.69) is 29.1 Å². The third kappa shape index (κ3) is 3.67. The van der Waals surface area contributed by atoms with Gasteiger partial charge in [-0.05, 0) is 15.9 Å². The van der Waals surface area contributed by atoms with Crippen molar-refractivity contribution in [3.05, 3.63) is 102 Å². The molecule has 0 radical (unpaired) electrons. The van der Waals surface area contributed by atoms with Gasteiger partial charge in [0.2, 0.25) is 0 Å². The van der Waals surface area contributed by atoms with E-state index in [0.717, 1.165) is 32.6 Å². The molecule has 3 rings (SSSR count). The number of hydrogen-bond donors (Lipinski definition) is 0. The van der Waals surface area contributed by atoms with Crippen LogP contribution in [0, 0.1) is 0 Å². The SMILES string of the molecule is C=C/C=C(\C=C)c1nc(-c2ccccc2)nc(-c2ccccc2)c1Br. The molecule has 0 N–H and O–H groups in total. The zero-order chi connectivity index (χ0) is 17.6. The maximum absolute atomic E-state index is 4.80. The van der Waals surface area contributed by atoms with E-state index in [0.29, 0.717) is 5.82 Å². The number of rotatable bonds is 5. The van der Waals surface area contributed by atoms with E-state index in [1.165, 1.54) is 0 Å². The molecule has 1 heterocycles. The number of aromatic nitrogens is 2. The molecule has 2 aromatic carbocycles. The molecule has 2 nitrogen and oxygen atoms in total. The lowest BCUT2D eigenvalue weighted by atomic mass is 10.1. The minimum absolute atomic E-state index is 0.675. The lowest BCUT2D eigenvalue weighted by molar-refractivity contribution is 1.14. The fourth-order valence-corrected chi connectivity index (χ4v) is 3.15. The van der Waals surface area contributed by atoms with Crippen molar-refractivity contribution in [2.24, 2.45) is 0 Å². The number of hydrogen-bond acceptors (Lipinski definition) is 2. The summed E-state index contributed by atoms with van der Waals surface area (Å²) in [5.74, 6) is 0.675. The van der Waals surface area contributed by atoms with Gasteiger partial charge < -0.3 is 0 Å². The van der Waals surface area contributed by atoms with Crippen molar-refractivity contribution in [3.8, 4) is 22.6 Å². The Labute approximate surface area is 156 Å². The second-order valence-electron chi connectivity index (χ2n) is 5.35. The Bertz CT molecular complexity index is 929. The van der Waals surface area contributed by atoms with Crippen LogP contribution >= 0.6 is 15.9 Å². The molecule has 0 aliphatic rings. The second kappa shape index (κ2) is 7.86. The fraction of sp³-hybridized carbons (Fsp3) is 0. The van der Waals surface area contributed by atoms with Gasteiger partial charge in [-0.25, -0.2) is 9.97 Å². The van der Waals surface area contributed by atoms with Crippen LogP contribution in [0.1, 0.15) is 5.69 Å². The quantitative estimate of drug-likeness (QED) is 0.477. The molecule has 1 aromatic heterocycles. The molecule has 0 bridgehead atoms. The van der Waals surface area contributed by atoms with E-state index >= 15 is 0 Å². The molecular weight excluding hydrogens is 372 g/mol. The third-order valence-electron chi connectivity index (χ3n) is 3.72. The highest BCUT2D eigenvalue weighted by molar-refractivity contribution is 9.10. The monoisotopic (exact) mass is 388 g/mol. The highest BCUT2D eigenvalue weighted by Crippen LogP contribution is 2.34. The topological polar surface area (TPSA) is 25.8 Å². The largest absolute Gasteiger partial charge is 0.227 e. The van der Waals surface area contributed by atoms with Gasteiger partial charge in [0.05, 0.1) is 15.9 Å². The van der Waals surface area contributed by atoms with E-state index in [1.54, 1.807) is 12.2 Å². The summed E-state index contributed by atoms with van der Waals surface area (Å²) in [7, 11) is 0. The summed E-state index contributed by atoms with van der Waals surface area (Å²) in [5, 5.41) is 0. The van der Waals surface area contributed by atoms with Crippen LogP contribution in [-0.4, -0.2) is 9.97 Å². The molecule has 3 aromatic rings. The van der Waals surface area contributed by atoms with Crippen molar-refractivity contribution >= 4 is 21.5 Å². The molecule has 0 aliphatic carbocycles. The summed E-state index contributed by atoms with van der Waals surface area (Å²) in [6.45, 7) is 7.69. The number of allylic oxidation sites excluding steroid dienone is 4. The lowest BCUT2D eigenvalue weighted by Crippen LogP contribution is -2.00. The zero-order valence-corrected chi connectivity index (χ0v) is 15.3. The Morgan fingerprint density at radius 3 is 2.00 bits per heavy atom. The summed E-state index contributed by atoms with van der Waals surface area (Å²) < 4.78 is 0.839. The van der Waals surface area contributed by atoms with Gasteiger partial charge >= 0.3 is 0 Å². The van der Waals surface area contributed by atoms with Crippen molar-refractivity contribution in [2.45, 2.75) is 0 Å². The highest BCUT2D eigenvalue weighted by Gasteiger charge is 2.16. The van der Waals surface area contributed by atoms with Crippen molar-refractivity contribution in [3.63, 3.8) is 0 Å². The number of nitrogens with zero attached hydrogens (tertiary/aromatic N) is 2. The predicted molar refractivity (Wildman–Crippen MR) is 109 cm³/mol. The highest BCUT2D eigenvalue weighted by atomic mass is 79.9. The van der Waals surface area contributed by atoms with Gasteiger partial charge in [-0.2, -0.15) is 0 Å². The first-order chi connectivity index (χ1) is 12.2. The Hall–Kier alpha value is -2.78. The van der Waals surface area contributed by atoms with E-state index in [4.69, 9.17) is 9.97 Å². The van der Waals surface area contributed by atoms with Crippen molar-refractivity contribution in [1.29, 1.82) is 0 Å². The van der Waals surface area contributed by atoms with Crippen LogP contribution < -0.4 is 0 Å². The zero-order valence-electron chi connectivity index (χ0n) is 13.7. The summed E-state index contributed by atoms with van der Waals surface area (Å²) in [6, 6.07) is 20.0. The maximum atomic E-state index is 4.80. The van der Waals surface area contributed by atoms with Gasteiger partial charge in [-0.1, -0.05) is 92.0 Å². The van der Waals surface area contributed by atoms with Crippen LogP contribution in [0.5, 0.6) is 0 Å². The molecule has 0 amide bonds. The molecule has 0 fully saturated rings. The van der Waals surface area contributed by atoms with Crippen LogP contribution in [0.15, 0.2) is 96.5 Å². The standard InChI is InChI=1S/C22H17BrN2/c1-3-11-16(4-2)20-19(23)21(17-12-7-5-8-13-17)25-22(24-20)18-14-9-6-10-15-18/h3-15H,1-2H2/b16-11+. The summed E-state index contributed by atoms with van der Waals surface area (Å²) in [5.41, 5.74) is 4.52.